The zero-order valence-electron chi connectivity index (χ0n) is 8.70. The van der Waals surface area contributed by atoms with Gasteiger partial charge in [-0.25, -0.2) is 4.98 Å². The first-order valence-electron chi connectivity index (χ1n) is 4.61. The number of carbonyl (C=O) groups excluding carboxylic acids is 2. The Kier molecular flexibility index (Phi) is 4.72. The number of pyridine rings is 1. The molecular formula is C10H11ClN2O3. The van der Waals surface area contributed by atoms with Crippen molar-refractivity contribution >= 4 is 23.5 Å². The van der Waals surface area contributed by atoms with Gasteiger partial charge >= 0.3 is 5.97 Å². The van der Waals surface area contributed by atoms with Crippen molar-refractivity contribution in [1.82, 2.24) is 10.3 Å². The lowest BCUT2D eigenvalue weighted by Gasteiger charge is -2.03. The summed E-state index contributed by atoms with van der Waals surface area (Å²) in [4.78, 5) is 26.1. The Labute approximate surface area is 97.8 Å². The number of amides is 1. The van der Waals surface area contributed by atoms with E-state index in [2.05, 4.69) is 15.0 Å². The summed E-state index contributed by atoms with van der Waals surface area (Å²) in [7, 11) is 1.29. The third-order valence-electron chi connectivity index (χ3n) is 1.79. The molecule has 0 radical (unpaired) electrons. The predicted molar refractivity (Wildman–Crippen MR) is 58.2 cm³/mol. The number of halogens is 1. The molecule has 0 fully saturated rings. The van der Waals surface area contributed by atoms with Crippen molar-refractivity contribution in [2.24, 2.45) is 0 Å². The van der Waals surface area contributed by atoms with Crippen molar-refractivity contribution in [3.05, 3.63) is 29.0 Å². The smallest absolute Gasteiger partial charge is 0.307 e. The van der Waals surface area contributed by atoms with Crippen LogP contribution in [0.5, 0.6) is 0 Å². The van der Waals surface area contributed by atoms with Crippen LogP contribution in [0.25, 0.3) is 0 Å². The molecule has 86 valence electrons. The maximum Gasteiger partial charge on any atom is 0.307 e. The first-order valence-corrected chi connectivity index (χ1v) is 4.99. The second-order valence-corrected chi connectivity index (χ2v) is 3.31. The lowest BCUT2D eigenvalue weighted by Crippen LogP contribution is -2.27. The number of nitrogens with one attached hydrogen (secondary N) is 1. The number of esters is 1. The van der Waals surface area contributed by atoms with Gasteiger partial charge in [0.1, 0.15) is 10.8 Å². The van der Waals surface area contributed by atoms with Crippen LogP contribution in [-0.2, 0) is 9.53 Å². The summed E-state index contributed by atoms with van der Waals surface area (Å²) >= 11 is 5.63. The summed E-state index contributed by atoms with van der Waals surface area (Å²) < 4.78 is 4.43. The number of carbonyl (C=O) groups is 2. The second-order valence-electron chi connectivity index (χ2n) is 2.93. The highest BCUT2D eigenvalue weighted by atomic mass is 35.5. The van der Waals surface area contributed by atoms with Crippen LogP contribution in [0.2, 0.25) is 5.15 Å². The average Bonchev–Trinajstić information content (AvgIpc) is 2.28. The zero-order valence-corrected chi connectivity index (χ0v) is 9.45. The molecule has 1 rings (SSSR count). The van der Waals surface area contributed by atoms with Gasteiger partial charge in [0.25, 0.3) is 5.91 Å². The number of nitrogens with zero attached hydrogens (tertiary/aromatic N) is 1. The SMILES string of the molecule is COC(=O)CCNC(=O)c1cccc(Cl)n1. The van der Waals surface area contributed by atoms with Crippen molar-refractivity contribution < 1.29 is 14.3 Å². The van der Waals surface area contributed by atoms with Crippen molar-refractivity contribution in [2.75, 3.05) is 13.7 Å². The lowest BCUT2D eigenvalue weighted by atomic mass is 10.3. The van der Waals surface area contributed by atoms with Crippen LogP contribution < -0.4 is 5.32 Å². The summed E-state index contributed by atoms with van der Waals surface area (Å²) in [6, 6.07) is 4.75. The molecule has 0 aliphatic carbocycles. The average molecular weight is 243 g/mol. The molecule has 1 aromatic rings. The Morgan fingerprint density at radius 1 is 1.50 bits per heavy atom. The van der Waals surface area contributed by atoms with Gasteiger partial charge in [0.15, 0.2) is 0 Å². The lowest BCUT2D eigenvalue weighted by molar-refractivity contribution is -0.140. The molecule has 1 amide bonds. The molecule has 0 atom stereocenters. The molecule has 0 saturated heterocycles. The van der Waals surface area contributed by atoms with Crippen molar-refractivity contribution in [3.8, 4) is 0 Å². The molecule has 0 spiro atoms. The summed E-state index contributed by atoms with van der Waals surface area (Å²) in [5.41, 5.74) is 0.220. The van der Waals surface area contributed by atoms with Crippen LogP contribution in [0, 0.1) is 0 Å². The molecule has 0 bridgehead atoms. The zero-order chi connectivity index (χ0) is 12.0. The molecule has 16 heavy (non-hydrogen) atoms. The number of methoxy groups -OCH3 is 1. The van der Waals surface area contributed by atoms with Crippen LogP contribution in [0.3, 0.4) is 0 Å². The van der Waals surface area contributed by atoms with E-state index in [1.807, 2.05) is 0 Å². The third kappa shape index (κ3) is 3.86. The molecule has 1 aromatic heterocycles. The second kappa shape index (κ2) is 6.07. The first-order chi connectivity index (χ1) is 7.63. The topological polar surface area (TPSA) is 68.3 Å². The highest BCUT2D eigenvalue weighted by molar-refractivity contribution is 6.29. The Morgan fingerprint density at radius 3 is 2.88 bits per heavy atom. The van der Waals surface area contributed by atoms with Crippen LogP contribution in [0.1, 0.15) is 16.9 Å². The number of rotatable bonds is 4. The molecule has 5 nitrogen and oxygen atoms in total. The Morgan fingerprint density at radius 2 is 2.25 bits per heavy atom. The summed E-state index contributed by atoms with van der Waals surface area (Å²) in [6.45, 7) is 0.208. The number of aromatic nitrogens is 1. The van der Waals surface area contributed by atoms with Crippen LogP contribution in [0.15, 0.2) is 18.2 Å². The standard InChI is InChI=1S/C10H11ClN2O3/c1-16-9(14)5-6-12-10(15)7-3-2-4-8(11)13-7/h2-4H,5-6H2,1H3,(H,12,15). The van der Waals surface area contributed by atoms with E-state index in [1.54, 1.807) is 18.2 Å². The van der Waals surface area contributed by atoms with E-state index in [-0.39, 0.29) is 35.7 Å². The van der Waals surface area contributed by atoms with E-state index in [0.29, 0.717) is 0 Å². The highest BCUT2D eigenvalue weighted by Crippen LogP contribution is 2.04. The maximum absolute atomic E-state index is 11.5. The molecule has 0 aliphatic heterocycles. The monoisotopic (exact) mass is 242 g/mol. The molecule has 0 aliphatic rings. The Bertz CT molecular complexity index is 395. The summed E-state index contributed by atoms with van der Waals surface area (Å²) in [5, 5.41) is 2.78. The third-order valence-corrected chi connectivity index (χ3v) is 2.00. The summed E-state index contributed by atoms with van der Waals surface area (Å²) in [5.74, 6) is -0.745. The van der Waals surface area contributed by atoms with Crippen molar-refractivity contribution in [1.29, 1.82) is 0 Å². The summed E-state index contributed by atoms with van der Waals surface area (Å²) in [6.07, 6.45) is 0.128. The van der Waals surface area contributed by atoms with E-state index in [1.165, 1.54) is 7.11 Å². The maximum atomic E-state index is 11.5. The fourth-order valence-corrected chi connectivity index (χ4v) is 1.17. The van der Waals surface area contributed by atoms with Gasteiger partial charge in [-0.3, -0.25) is 9.59 Å². The van der Waals surface area contributed by atoms with Gasteiger partial charge in [0.05, 0.1) is 13.5 Å². The number of ether oxygens (including phenoxy) is 1. The van der Waals surface area contributed by atoms with E-state index in [0.717, 1.165) is 0 Å². The first kappa shape index (κ1) is 12.4. The van der Waals surface area contributed by atoms with Crippen molar-refractivity contribution in [3.63, 3.8) is 0 Å². The molecule has 6 heteroatoms. The minimum Gasteiger partial charge on any atom is -0.469 e. The van der Waals surface area contributed by atoms with Gasteiger partial charge in [-0.2, -0.15) is 0 Å². The number of hydrogen-bond donors (Lipinski definition) is 1. The minimum atomic E-state index is -0.376. The van der Waals surface area contributed by atoms with Gasteiger partial charge in [0.2, 0.25) is 0 Å². The van der Waals surface area contributed by atoms with Crippen LogP contribution in [-0.4, -0.2) is 30.5 Å². The Hall–Kier alpha value is -1.62. The fraction of sp³-hybridized carbons (Fsp3) is 0.300. The predicted octanol–water partition coefficient (Wildman–Crippen LogP) is 1.03. The quantitative estimate of drug-likeness (QED) is 0.633. The van der Waals surface area contributed by atoms with E-state index < -0.39 is 0 Å². The van der Waals surface area contributed by atoms with Crippen molar-refractivity contribution in [2.45, 2.75) is 6.42 Å². The van der Waals surface area contributed by atoms with Crippen LogP contribution >= 0.6 is 11.6 Å². The van der Waals surface area contributed by atoms with Gasteiger partial charge in [-0.05, 0) is 12.1 Å². The fourth-order valence-electron chi connectivity index (χ4n) is 1.01. The molecular weight excluding hydrogens is 232 g/mol. The van der Waals surface area contributed by atoms with Gasteiger partial charge < -0.3 is 10.1 Å². The van der Waals surface area contributed by atoms with E-state index >= 15 is 0 Å². The van der Waals surface area contributed by atoms with E-state index in [4.69, 9.17) is 11.6 Å². The Balaban J connectivity index is 2.44. The molecule has 0 aromatic carbocycles. The highest BCUT2D eigenvalue weighted by Gasteiger charge is 2.07. The molecule has 0 unspecified atom stereocenters. The molecule has 1 N–H and O–H groups in total. The van der Waals surface area contributed by atoms with Gasteiger partial charge in [-0.15, -0.1) is 0 Å². The molecule has 0 saturated carbocycles. The van der Waals surface area contributed by atoms with E-state index in [9.17, 15) is 9.59 Å². The normalized spacial score (nSPS) is 9.62. The van der Waals surface area contributed by atoms with Gasteiger partial charge in [-0.1, -0.05) is 17.7 Å². The van der Waals surface area contributed by atoms with Crippen LogP contribution in [0.4, 0.5) is 0 Å². The molecule has 1 heterocycles. The minimum absolute atomic E-state index is 0.128. The van der Waals surface area contributed by atoms with Gasteiger partial charge in [0, 0.05) is 6.54 Å². The number of hydrogen-bond acceptors (Lipinski definition) is 4. The largest absolute Gasteiger partial charge is 0.469 e.